The number of non-ortho nitro benzene ring substituents is 1. The molecule has 0 radical (unpaired) electrons. The molecular weight excluding hydrogens is 419 g/mol. The zero-order chi connectivity index (χ0) is 23.3. The number of H-pyrrole nitrogens is 1. The molecule has 0 saturated heterocycles. The second-order valence-corrected chi connectivity index (χ2v) is 6.98. The van der Waals surface area contributed by atoms with Gasteiger partial charge in [-0.15, -0.1) is 0 Å². The first-order valence-corrected chi connectivity index (χ1v) is 9.71. The molecular formula is C22H21FN4O5. The van der Waals surface area contributed by atoms with Gasteiger partial charge in [0.25, 0.3) is 11.2 Å². The third-order valence-electron chi connectivity index (χ3n) is 4.86. The number of hydrogen-bond acceptors (Lipinski definition) is 6. The first-order valence-electron chi connectivity index (χ1n) is 9.71. The topological polar surface area (TPSA) is 120 Å². The van der Waals surface area contributed by atoms with E-state index < -0.39 is 16.5 Å². The Bertz CT molecular complexity index is 1210. The van der Waals surface area contributed by atoms with Gasteiger partial charge in [-0.1, -0.05) is 12.1 Å². The number of methoxy groups -OCH3 is 1. The first kappa shape index (κ1) is 22.6. The number of aromatic nitrogens is 2. The number of hydrogen-bond donors (Lipinski definition) is 1. The molecule has 1 aromatic heterocycles. The summed E-state index contributed by atoms with van der Waals surface area (Å²) >= 11 is 0. The molecule has 2 aromatic carbocycles. The van der Waals surface area contributed by atoms with Crippen LogP contribution in [0.5, 0.6) is 0 Å². The van der Waals surface area contributed by atoms with Crippen LogP contribution in [-0.2, 0) is 22.4 Å². The van der Waals surface area contributed by atoms with Crippen LogP contribution in [0.1, 0.15) is 23.7 Å². The highest BCUT2D eigenvalue weighted by atomic mass is 19.1. The fraction of sp³-hybridized carbons (Fsp3) is 0.227. The Morgan fingerprint density at radius 1 is 1.19 bits per heavy atom. The van der Waals surface area contributed by atoms with Crippen LogP contribution in [0.4, 0.5) is 10.1 Å². The van der Waals surface area contributed by atoms with Gasteiger partial charge in [-0.25, -0.2) is 9.07 Å². The van der Waals surface area contributed by atoms with Gasteiger partial charge in [-0.05, 0) is 43.2 Å². The van der Waals surface area contributed by atoms with Gasteiger partial charge in [0.05, 0.1) is 35.4 Å². The Labute approximate surface area is 182 Å². The monoisotopic (exact) mass is 440 g/mol. The Hall–Kier alpha value is -4.08. The van der Waals surface area contributed by atoms with Gasteiger partial charge in [0.1, 0.15) is 5.82 Å². The minimum atomic E-state index is -0.539. The smallest absolute Gasteiger partial charge is 0.311 e. The molecule has 0 aliphatic carbocycles. The van der Waals surface area contributed by atoms with Gasteiger partial charge >= 0.3 is 5.97 Å². The zero-order valence-electron chi connectivity index (χ0n) is 17.5. The molecule has 0 aliphatic heterocycles. The molecule has 0 bridgehead atoms. The molecule has 0 atom stereocenters. The van der Waals surface area contributed by atoms with Gasteiger partial charge in [-0.3, -0.25) is 29.8 Å². The lowest BCUT2D eigenvalue weighted by atomic mass is 10.1. The number of halogens is 1. The van der Waals surface area contributed by atoms with Crippen LogP contribution < -0.4 is 5.56 Å². The lowest BCUT2D eigenvalue weighted by molar-refractivity contribution is -0.384. The summed E-state index contributed by atoms with van der Waals surface area (Å²) in [6.07, 6.45) is 0.372. The van der Waals surface area contributed by atoms with E-state index in [1.54, 1.807) is 19.1 Å². The SMILES string of the molecule is COC(=O)Cc1[nH]n(-c2ccc([N+](=O)[O-])cc2)c(=O)c1C(C)=NCCc1ccc(F)cc1. The van der Waals surface area contributed by atoms with Crippen molar-refractivity contribution in [2.24, 2.45) is 4.99 Å². The van der Waals surface area contributed by atoms with Crippen LogP contribution in [0.2, 0.25) is 0 Å². The summed E-state index contributed by atoms with van der Waals surface area (Å²) < 4.78 is 19.0. The molecule has 0 aliphatic rings. The minimum Gasteiger partial charge on any atom is -0.469 e. The molecule has 3 aromatic rings. The second kappa shape index (κ2) is 9.82. The summed E-state index contributed by atoms with van der Waals surface area (Å²) in [5.41, 5.74) is 1.69. The zero-order valence-corrected chi connectivity index (χ0v) is 17.5. The summed E-state index contributed by atoms with van der Waals surface area (Å²) in [7, 11) is 1.25. The van der Waals surface area contributed by atoms with Gasteiger partial charge < -0.3 is 4.74 Å². The number of nitro benzene ring substituents is 1. The lowest BCUT2D eigenvalue weighted by Gasteiger charge is -2.03. The van der Waals surface area contributed by atoms with Crippen molar-refractivity contribution in [3.63, 3.8) is 0 Å². The van der Waals surface area contributed by atoms with E-state index >= 15 is 0 Å². The van der Waals surface area contributed by atoms with Crippen molar-refractivity contribution in [1.29, 1.82) is 0 Å². The predicted octanol–water partition coefficient (Wildman–Crippen LogP) is 2.98. The number of esters is 1. The molecule has 0 fully saturated rings. The number of carbonyl (C=O) groups excluding carboxylic acids is 1. The normalized spacial score (nSPS) is 11.4. The molecule has 166 valence electrons. The highest BCUT2D eigenvalue weighted by molar-refractivity contribution is 6.00. The maximum absolute atomic E-state index is 13.1. The van der Waals surface area contributed by atoms with Crippen molar-refractivity contribution in [3.05, 3.63) is 91.6 Å². The van der Waals surface area contributed by atoms with Gasteiger partial charge in [0.2, 0.25) is 0 Å². The van der Waals surface area contributed by atoms with Crippen LogP contribution >= 0.6 is 0 Å². The largest absolute Gasteiger partial charge is 0.469 e. The Morgan fingerprint density at radius 2 is 1.84 bits per heavy atom. The maximum atomic E-state index is 13.1. The van der Waals surface area contributed by atoms with Crippen LogP contribution in [0.15, 0.2) is 58.3 Å². The van der Waals surface area contributed by atoms with Gasteiger partial charge in [0, 0.05) is 24.4 Å². The number of nitrogens with zero attached hydrogens (tertiary/aromatic N) is 3. The minimum absolute atomic E-state index is 0.109. The summed E-state index contributed by atoms with van der Waals surface area (Å²) in [4.78, 5) is 39.8. The second-order valence-electron chi connectivity index (χ2n) is 6.98. The Morgan fingerprint density at radius 3 is 2.44 bits per heavy atom. The van der Waals surface area contributed by atoms with Crippen LogP contribution in [0.3, 0.4) is 0 Å². The third-order valence-corrected chi connectivity index (χ3v) is 4.86. The van der Waals surface area contributed by atoms with E-state index in [4.69, 9.17) is 4.74 Å². The van der Waals surface area contributed by atoms with Crippen LogP contribution in [0, 0.1) is 15.9 Å². The summed E-state index contributed by atoms with van der Waals surface area (Å²) in [5.74, 6) is -0.859. The van der Waals surface area contributed by atoms with Crippen molar-refractivity contribution in [3.8, 4) is 5.69 Å². The van der Waals surface area contributed by atoms with Gasteiger partial charge in [0.15, 0.2) is 0 Å². The number of rotatable bonds is 8. The molecule has 9 nitrogen and oxygen atoms in total. The standard InChI is InChI=1S/C22H21FN4O5/c1-14(24-12-11-15-3-5-16(23)6-4-15)21-19(13-20(28)32-2)25-26(22(21)29)17-7-9-18(10-8-17)27(30)31/h3-10,25H,11-13H2,1-2H3. The average Bonchev–Trinajstić information content (AvgIpc) is 3.10. The lowest BCUT2D eigenvalue weighted by Crippen LogP contribution is -2.20. The fourth-order valence-corrected chi connectivity index (χ4v) is 3.19. The van der Waals surface area contributed by atoms with Crippen molar-refractivity contribution in [2.45, 2.75) is 19.8 Å². The molecule has 1 heterocycles. The summed E-state index contributed by atoms with van der Waals surface area (Å²) in [5, 5.41) is 13.8. The molecule has 3 rings (SSSR count). The maximum Gasteiger partial charge on any atom is 0.311 e. The molecule has 0 saturated carbocycles. The van der Waals surface area contributed by atoms with E-state index in [9.17, 15) is 24.1 Å². The van der Waals surface area contributed by atoms with Crippen LogP contribution in [0.25, 0.3) is 5.69 Å². The fourth-order valence-electron chi connectivity index (χ4n) is 3.19. The van der Waals surface area contributed by atoms with E-state index in [0.717, 1.165) is 5.56 Å². The third kappa shape index (κ3) is 5.15. The number of nitrogens with one attached hydrogen (secondary N) is 1. The van der Waals surface area contributed by atoms with E-state index in [0.29, 0.717) is 30.1 Å². The summed E-state index contributed by atoms with van der Waals surface area (Å²) in [6.45, 7) is 2.02. The van der Waals surface area contributed by atoms with E-state index in [1.807, 2.05) is 0 Å². The first-order chi connectivity index (χ1) is 15.3. The van der Waals surface area contributed by atoms with Crippen molar-refractivity contribution >= 4 is 17.4 Å². The van der Waals surface area contributed by atoms with E-state index in [2.05, 4.69) is 10.1 Å². The summed E-state index contributed by atoms with van der Waals surface area (Å²) in [6, 6.07) is 11.5. The number of ether oxygens (including phenoxy) is 1. The predicted molar refractivity (Wildman–Crippen MR) is 116 cm³/mol. The molecule has 0 unspecified atom stereocenters. The van der Waals surface area contributed by atoms with E-state index in [-0.39, 0.29) is 23.5 Å². The highest BCUT2D eigenvalue weighted by Gasteiger charge is 2.20. The molecule has 1 N–H and O–H groups in total. The number of aliphatic imine (C=N–C) groups is 1. The highest BCUT2D eigenvalue weighted by Crippen LogP contribution is 2.15. The Kier molecular flexibility index (Phi) is 6.93. The quantitative estimate of drug-likeness (QED) is 0.250. The van der Waals surface area contributed by atoms with Crippen molar-refractivity contribution < 1.29 is 18.8 Å². The number of aromatic amines is 1. The molecule has 0 spiro atoms. The number of benzene rings is 2. The Balaban J connectivity index is 1.93. The number of carbonyl (C=O) groups is 1. The molecule has 32 heavy (non-hydrogen) atoms. The van der Waals surface area contributed by atoms with Crippen molar-refractivity contribution in [1.82, 2.24) is 9.78 Å². The molecule has 10 heteroatoms. The van der Waals surface area contributed by atoms with Crippen molar-refractivity contribution in [2.75, 3.05) is 13.7 Å². The van der Waals surface area contributed by atoms with Gasteiger partial charge in [-0.2, -0.15) is 0 Å². The number of nitro groups is 1. The molecule has 0 amide bonds. The van der Waals surface area contributed by atoms with E-state index in [1.165, 1.54) is 48.2 Å². The average molecular weight is 440 g/mol. The van der Waals surface area contributed by atoms with Crippen LogP contribution in [-0.4, -0.2) is 40.0 Å².